The molecule has 4 nitrogen and oxygen atoms in total. The molecular formula is C51H31N3O. The number of aromatic nitrogens is 3. The fourth-order valence-corrected chi connectivity index (χ4v) is 8.03. The summed E-state index contributed by atoms with van der Waals surface area (Å²) >= 11 is 0. The zero-order valence-corrected chi connectivity index (χ0v) is 29.6. The van der Waals surface area contributed by atoms with Gasteiger partial charge in [-0.3, -0.25) is 0 Å². The van der Waals surface area contributed by atoms with Crippen molar-refractivity contribution < 1.29 is 4.42 Å². The van der Waals surface area contributed by atoms with Crippen molar-refractivity contribution in [3.63, 3.8) is 0 Å². The Hall–Kier alpha value is -7.43. The third kappa shape index (κ3) is 5.34. The van der Waals surface area contributed by atoms with E-state index in [2.05, 4.69) is 170 Å². The Balaban J connectivity index is 1.02. The third-order valence-electron chi connectivity index (χ3n) is 10.7. The van der Waals surface area contributed by atoms with E-state index in [-0.39, 0.29) is 0 Å². The van der Waals surface area contributed by atoms with Crippen LogP contribution in [0.2, 0.25) is 0 Å². The lowest BCUT2D eigenvalue weighted by Crippen LogP contribution is -2.01. The lowest BCUT2D eigenvalue weighted by Gasteiger charge is -2.12. The van der Waals surface area contributed by atoms with E-state index in [0.717, 1.165) is 71.3 Å². The molecule has 0 aliphatic rings. The summed E-state index contributed by atoms with van der Waals surface area (Å²) in [5.74, 6) is 1.93. The Morgan fingerprint density at radius 1 is 0.291 bits per heavy atom. The van der Waals surface area contributed by atoms with Crippen molar-refractivity contribution in [2.75, 3.05) is 0 Å². The highest BCUT2D eigenvalue weighted by atomic mass is 16.3. The van der Waals surface area contributed by atoms with Crippen LogP contribution in [0.25, 0.3) is 111 Å². The van der Waals surface area contributed by atoms with Gasteiger partial charge >= 0.3 is 0 Å². The first kappa shape index (κ1) is 31.1. The molecule has 4 heteroatoms. The number of hydrogen-bond acceptors (Lipinski definition) is 4. The third-order valence-corrected chi connectivity index (χ3v) is 10.7. The van der Waals surface area contributed by atoms with Crippen LogP contribution >= 0.6 is 0 Å². The molecule has 2 aromatic heterocycles. The minimum atomic E-state index is 0.633. The SMILES string of the molecule is c1cc(-c2ccc3cc(-c4cccc5oc6ccccc6c45)ccc3c2)cc(-c2nc(-c3cccc4ccccc34)nc(-c3cccc4ccccc34)n2)c1. The summed E-state index contributed by atoms with van der Waals surface area (Å²) in [7, 11) is 0. The highest BCUT2D eigenvalue weighted by Gasteiger charge is 2.17. The van der Waals surface area contributed by atoms with Crippen LogP contribution in [0.4, 0.5) is 0 Å². The van der Waals surface area contributed by atoms with E-state index in [1.54, 1.807) is 0 Å². The lowest BCUT2D eigenvalue weighted by molar-refractivity contribution is 0.669. The van der Waals surface area contributed by atoms with Crippen LogP contribution in [0.1, 0.15) is 0 Å². The van der Waals surface area contributed by atoms with Crippen molar-refractivity contribution in [2.24, 2.45) is 0 Å². The van der Waals surface area contributed by atoms with Crippen LogP contribution < -0.4 is 0 Å². The zero-order chi connectivity index (χ0) is 36.3. The summed E-state index contributed by atoms with van der Waals surface area (Å²) in [6, 6.07) is 65.9. The van der Waals surface area contributed by atoms with E-state index < -0.39 is 0 Å². The van der Waals surface area contributed by atoms with E-state index >= 15 is 0 Å². The minimum absolute atomic E-state index is 0.633. The maximum atomic E-state index is 6.19. The highest BCUT2D eigenvalue weighted by molar-refractivity contribution is 6.13. The van der Waals surface area contributed by atoms with Crippen LogP contribution in [0.5, 0.6) is 0 Å². The summed E-state index contributed by atoms with van der Waals surface area (Å²) in [4.78, 5) is 15.5. The second-order valence-corrected chi connectivity index (χ2v) is 14.0. The van der Waals surface area contributed by atoms with E-state index in [0.29, 0.717) is 17.5 Å². The van der Waals surface area contributed by atoms with Crippen molar-refractivity contribution in [1.29, 1.82) is 0 Å². The summed E-state index contributed by atoms with van der Waals surface area (Å²) in [6.45, 7) is 0. The second-order valence-electron chi connectivity index (χ2n) is 14.0. The Bertz CT molecular complexity index is 3180. The maximum absolute atomic E-state index is 6.19. The molecule has 0 spiro atoms. The van der Waals surface area contributed by atoms with Gasteiger partial charge in [0.1, 0.15) is 11.2 Å². The molecule has 0 radical (unpaired) electrons. The maximum Gasteiger partial charge on any atom is 0.164 e. The number of benzene rings is 9. The van der Waals surface area contributed by atoms with Crippen LogP contribution in [0, 0.1) is 0 Å². The first-order valence-corrected chi connectivity index (χ1v) is 18.5. The van der Waals surface area contributed by atoms with Crippen LogP contribution in [0.15, 0.2) is 192 Å². The van der Waals surface area contributed by atoms with Gasteiger partial charge in [-0.15, -0.1) is 0 Å². The lowest BCUT2D eigenvalue weighted by atomic mass is 9.95. The van der Waals surface area contributed by atoms with Gasteiger partial charge in [-0.1, -0.05) is 158 Å². The molecule has 0 saturated carbocycles. The van der Waals surface area contributed by atoms with Crippen LogP contribution in [0.3, 0.4) is 0 Å². The molecule has 0 aliphatic heterocycles. The number of nitrogens with zero attached hydrogens (tertiary/aromatic N) is 3. The molecule has 0 fully saturated rings. The molecular weight excluding hydrogens is 671 g/mol. The normalized spacial score (nSPS) is 11.6. The van der Waals surface area contributed by atoms with Gasteiger partial charge < -0.3 is 4.42 Å². The number of hydrogen-bond donors (Lipinski definition) is 0. The summed E-state index contributed by atoms with van der Waals surface area (Å²) in [5.41, 5.74) is 9.25. The van der Waals surface area contributed by atoms with Crippen molar-refractivity contribution in [3.05, 3.63) is 188 Å². The first-order valence-electron chi connectivity index (χ1n) is 18.5. The van der Waals surface area contributed by atoms with Gasteiger partial charge in [-0.2, -0.15) is 0 Å². The molecule has 2 heterocycles. The molecule has 11 aromatic rings. The van der Waals surface area contributed by atoms with Gasteiger partial charge in [0.05, 0.1) is 0 Å². The number of rotatable bonds is 5. The predicted molar refractivity (Wildman–Crippen MR) is 227 cm³/mol. The molecule has 0 aliphatic carbocycles. The fourth-order valence-electron chi connectivity index (χ4n) is 8.03. The first-order chi connectivity index (χ1) is 27.2. The minimum Gasteiger partial charge on any atom is -0.456 e. The van der Waals surface area contributed by atoms with Gasteiger partial charge in [0.2, 0.25) is 0 Å². The standard InChI is InChI=1S/C51H31N3O/c1-3-17-40-32(11-1)13-8-21-43(40)50-52-49(53-51(54-50)44-22-9-14-33-12-2-4-18-41(33)44)39-16-7-15-34(31-39)35-25-26-37-30-38(28-27-36(37)29-35)42-20-10-24-47-48(42)45-19-5-6-23-46(45)55-47/h1-31H. The largest absolute Gasteiger partial charge is 0.456 e. The van der Waals surface area contributed by atoms with Gasteiger partial charge in [0.15, 0.2) is 17.5 Å². The summed E-state index contributed by atoms with van der Waals surface area (Å²) in [6.07, 6.45) is 0. The number of para-hydroxylation sites is 1. The van der Waals surface area contributed by atoms with E-state index in [1.165, 1.54) is 21.9 Å². The molecule has 9 aromatic carbocycles. The van der Waals surface area contributed by atoms with E-state index in [4.69, 9.17) is 19.4 Å². The molecule has 0 saturated heterocycles. The Labute approximate surface area is 317 Å². The average Bonchev–Trinajstić information content (AvgIpc) is 3.65. The molecule has 0 bridgehead atoms. The van der Waals surface area contributed by atoms with Gasteiger partial charge in [0, 0.05) is 27.5 Å². The van der Waals surface area contributed by atoms with Gasteiger partial charge in [-0.05, 0) is 84.9 Å². The molecule has 0 atom stereocenters. The van der Waals surface area contributed by atoms with Crippen molar-refractivity contribution in [2.45, 2.75) is 0 Å². The Morgan fingerprint density at radius 3 is 1.51 bits per heavy atom. The number of furan rings is 1. The molecule has 0 N–H and O–H groups in total. The molecule has 256 valence electrons. The highest BCUT2D eigenvalue weighted by Crippen LogP contribution is 2.38. The second kappa shape index (κ2) is 12.6. The Kier molecular flexibility index (Phi) is 7.14. The summed E-state index contributed by atoms with van der Waals surface area (Å²) < 4.78 is 6.19. The average molecular weight is 702 g/mol. The smallest absolute Gasteiger partial charge is 0.164 e. The quantitative estimate of drug-likeness (QED) is 0.179. The molecule has 55 heavy (non-hydrogen) atoms. The molecule has 0 amide bonds. The van der Waals surface area contributed by atoms with Crippen molar-refractivity contribution in [3.8, 4) is 56.4 Å². The van der Waals surface area contributed by atoms with Gasteiger partial charge in [0.25, 0.3) is 0 Å². The van der Waals surface area contributed by atoms with E-state index in [9.17, 15) is 0 Å². The monoisotopic (exact) mass is 701 g/mol. The van der Waals surface area contributed by atoms with Crippen molar-refractivity contribution in [1.82, 2.24) is 15.0 Å². The zero-order valence-electron chi connectivity index (χ0n) is 29.6. The molecule has 0 unspecified atom stereocenters. The Morgan fingerprint density at radius 2 is 0.782 bits per heavy atom. The number of fused-ring (bicyclic) bond motifs is 6. The van der Waals surface area contributed by atoms with Crippen LogP contribution in [-0.2, 0) is 0 Å². The van der Waals surface area contributed by atoms with Crippen LogP contribution in [-0.4, -0.2) is 15.0 Å². The molecule has 11 rings (SSSR count). The van der Waals surface area contributed by atoms with Gasteiger partial charge in [-0.25, -0.2) is 15.0 Å². The fraction of sp³-hybridized carbons (Fsp3) is 0. The predicted octanol–water partition coefficient (Wildman–Crippen LogP) is 13.6. The van der Waals surface area contributed by atoms with E-state index in [1.807, 2.05) is 18.2 Å². The van der Waals surface area contributed by atoms with Crippen molar-refractivity contribution >= 4 is 54.3 Å². The topological polar surface area (TPSA) is 51.8 Å². The summed E-state index contributed by atoms with van der Waals surface area (Å²) in [5, 5.41) is 9.14.